The highest BCUT2D eigenvalue weighted by molar-refractivity contribution is 6.31. The zero-order valence-corrected chi connectivity index (χ0v) is 18.4. The molecule has 154 valence electrons. The summed E-state index contributed by atoms with van der Waals surface area (Å²) in [5.74, 6) is 0.0440. The number of nitrogens with two attached hydrogens (primary N) is 1. The quantitative estimate of drug-likeness (QED) is 0.543. The highest BCUT2D eigenvalue weighted by Crippen LogP contribution is 2.25. The molecule has 1 aromatic heterocycles. The lowest BCUT2D eigenvalue weighted by Gasteiger charge is -2.20. The van der Waals surface area contributed by atoms with Crippen molar-refractivity contribution in [3.63, 3.8) is 0 Å². The Bertz CT molecular complexity index is 940. The van der Waals surface area contributed by atoms with E-state index in [0.717, 1.165) is 23.6 Å². The Balaban J connectivity index is 0.000000253. The van der Waals surface area contributed by atoms with Crippen LogP contribution in [0.25, 0.3) is 0 Å². The maximum Gasteiger partial charge on any atom is 0.159 e. The molecule has 3 rings (SSSR count). The minimum atomic E-state index is 0.0440. The maximum atomic E-state index is 10.7. The third kappa shape index (κ3) is 7.54. The van der Waals surface area contributed by atoms with Gasteiger partial charge in [0.05, 0.1) is 17.9 Å². The number of halogens is 2. The van der Waals surface area contributed by atoms with E-state index in [1.807, 2.05) is 29.1 Å². The van der Waals surface area contributed by atoms with Crippen molar-refractivity contribution in [2.45, 2.75) is 19.4 Å². The number of carbonyl (C=O) groups excluding carboxylic acids is 1. The van der Waals surface area contributed by atoms with Crippen LogP contribution in [-0.4, -0.2) is 41.1 Å². The Hall–Kier alpha value is -2.34. The molecule has 0 amide bonds. The van der Waals surface area contributed by atoms with Crippen LogP contribution in [0.2, 0.25) is 10.0 Å². The van der Waals surface area contributed by atoms with E-state index in [1.54, 1.807) is 30.5 Å². The van der Waals surface area contributed by atoms with E-state index in [2.05, 4.69) is 30.2 Å². The number of anilines is 1. The summed E-state index contributed by atoms with van der Waals surface area (Å²) >= 11 is 11.7. The fraction of sp³-hybridized carbons (Fsp3) is 0.273. The van der Waals surface area contributed by atoms with Crippen LogP contribution in [-0.2, 0) is 0 Å². The molecule has 2 aromatic carbocycles. The van der Waals surface area contributed by atoms with Crippen molar-refractivity contribution in [2.24, 2.45) is 0 Å². The summed E-state index contributed by atoms with van der Waals surface area (Å²) in [5, 5.41) is 5.68. The van der Waals surface area contributed by atoms with Gasteiger partial charge in [-0.1, -0.05) is 47.5 Å². The molecular formula is C22H26Cl2N4O. The van der Waals surface area contributed by atoms with Crippen LogP contribution in [0.1, 0.15) is 35.3 Å². The molecule has 1 atom stereocenters. The second-order valence-corrected chi connectivity index (χ2v) is 7.86. The van der Waals surface area contributed by atoms with Gasteiger partial charge in [-0.05, 0) is 63.8 Å². The van der Waals surface area contributed by atoms with Crippen LogP contribution in [0.15, 0.2) is 60.9 Å². The molecule has 0 spiro atoms. The summed E-state index contributed by atoms with van der Waals surface area (Å²) in [6.45, 7) is 2.49. The van der Waals surface area contributed by atoms with Crippen molar-refractivity contribution in [1.29, 1.82) is 0 Å². The Morgan fingerprint density at radius 2 is 1.79 bits per heavy atom. The third-order valence-electron chi connectivity index (χ3n) is 4.26. The fourth-order valence-electron chi connectivity index (χ4n) is 2.78. The van der Waals surface area contributed by atoms with Gasteiger partial charge in [0.25, 0.3) is 0 Å². The summed E-state index contributed by atoms with van der Waals surface area (Å²) in [5.41, 5.74) is 8.25. The van der Waals surface area contributed by atoms with Crippen LogP contribution in [0, 0.1) is 0 Å². The first-order chi connectivity index (χ1) is 13.8. The number of nitrogens with zero attached hydrogens (tertiary/aromatic N) is 3. The Kier molecular flexibility index (Phi) is 8.70. The molecule has 0 aliphatic rings. The Morgan fingerprint density at radius 3 is 2.28 bits per heavy atom. The molecule has 0 radical (unpaired) electrons. The first-order valence-electron chi connectivity index (χ1n) is 9.22. The van der Waals surface area contributed by atoms with Gasteiger partial charge in [-0.25, -0.2) is 0 Å². The number of hydrogen-bond acceptors (Lipinski definition) is 4. The van der Waals surface area contributed by atoms with Gasteiger partial charge in [0.2, 0.25) is 0 Å². The molecule has 7 heteroatoms. The van der Waals surface area contributed by atoms with E-state index in [-0.39, 0.29) is 11.8 Å². The summed E-state index contributed by atoms with van der Waals surface area (Å²) in [7, 11) is 4.12. The smallest absolute Gasteiger partial charge is 0.159 e. The highest BCUT2D eigenvalue weighted by atomic mass is 35.5. The van der Waals surface area contributed by atoms with Gasteiger partial charge in [0, 0.05) is 21.8 Å². The topological polar surface area (TPSA) is 64.2 Å². The molecule has 2 N–H and O–H groups in total. The summed E-state index contributed by atoms with van der Waals surface area (Å²) in [6, 6.07) is 15.0. The summed E-state index contributed by atoms with van der Waals surface area (Å²) < 4.78 is 1.91. The second kappa shape index (κ2) is 11.0. The Morgan fingerprint density at radius 1 is 1.14 bits per heavy atom. The normalized spacial score (nSPS) is 11.7. The molecule has 0 saturated heterocycles. The SMILES string of the molecule is CC(=O)c1cccc(Cl)c1.CN(C)CCC(c1cccc(Cl)c1)n1cc(N)cn1. The van der Waals surface area contributed by atoms with E-state index >= 15 is 0 Å². The lowest BCUT2D eigenvalue weighted by Crippen LogP contribution is -2.20. The monoisotopic (exact) mass is 432 g/mol. The lowest BCUT2D eigenvalue weighted by molar-refractivity contribution is 0.101. The van der Waals surface area contributed by atoms with Crippen molar-refractivity contribution in [1.82, 2.24) is 14.7 Å². The largest absolute Gasteiger partial charge is 0.396 e. The molecule has 29 heavy (non-hydrogen) atoms. The van der Waals surface area contributed by atoms with Gasteiger partial charge in [-0.3, -0.25) is 9.48 Å². The van der Waals surface area contributed by atoms with Crippen molar-refractivity contribution < 1.29 is 4.79 Å². The van der Waals surface area contributed by atoms with E-state index in [9.17, 15) is 4.79 Å². The first kappa shape index (κ1) is 22.9. The minimum absolute atomic E-state index is 0.0440. The van der Waals surface area contributed by atoms with E-state index < -0.39 is 0 Å². The average Bonchev–Trinajstić information content (AvgIpc) is 3.08. The van der Waals surface area contributed by atoms with E-state index in [0.29, 0.717) is 16.3 Å². The summed E-state index contributed by atoms with van der Waals surface area (Å²) in [4.78, 5) is 12.9. The molecule has 5 nitrogen and oxygen atoms in total. The van der Waals surface area contributed by atoms with Crippen molar-refractivity contribution in [3.05, 3.63) is 82.1 Å². The number of hydrogen-bond donors (Lipinski definition) is 1. The van der Waals surface area contributed by atoms with E-state index in [4.69, 9.17) is 28.9 Å². The van der Waals surface area contributed by atoms with Crippen molar-refractivity contribution in [2.75, 3.05) is 26.4 Å². The molecule has 1 unspecified atom stereocenters. The number of rotatable bonds is 6. The number of benzene rings is 2. The zero-order valence-electron chi connectivity index (χ0n) is 16.8. The van der Waals surface area contributed by atoms with Crippen LogP contribution in [0.4, 0.5) is 5.69 Å². The van der Waals surface area contributed by atoms with E-state index in [1.165, 1.54) is 6.92 Å². The van der Waals surface area contributed by atoms with Crippen LogP contribution < -0.4 is 5.73 Å². The molecule has 0 bridgehead atoms. The minimum Gasteiger partial charge on any atom is -0.396 e. The number of aromatic nitrogens is 2. The van der Waals surface area contributed by atoms with Crippen LogP contribution in [0.3, 0.4) is 0 Å². The number of nitrogen functional groups attached to an aromatic ring is 1. The van der Waals surface area contributed by atoms with Crippen molar-refractivity contribution >= 4 is 34.7 Å². The fourth-order valence-corrected chi connectivity index (χ4v) is 3.17. The third-order valence-corrected chi connectivity index (χ3v) is 4.73. The standard InChI is InChI=1S/C14H19ClN4.C8H7ClO/c1-18(2)7-6-14(19-10-13(16)9-17-19)11-4-3-5-12(15)8-11;1-6(10)7-3-2-4-8(9)5-7/h3-5,8-10,14H,6-7,16H2,1-2H3;2-5H,1H3. The predicted octanol–water partition coefficient (Wildman–Crippen LogP) is 5.20. The lowest BCUT2D eigenvalue weighted by atomic mass is 10.0. The van der Waals surface area contributed by atoms with Gasteiger partial charge >= 0.3 is 0 Å². The van der Waals surface area contributed by atoms with Gasteiger partial charge in [-0.2, -0.15) is 5.10 Å². The van der Waals surface area contributed by atoms with Crippen LogP contribution >= 0.6 is 23.2 Å². The number of Topliss-reactive ketones (excluding diaryl/α,β-unsaturated/α-hetero) is 1. The highest BCUT2D eigenvalue weighted by Gasteiger charge is 2.15. The summed E-state index contributed by atoms with van der Waals surface area (Å²) in [6.07, 6.45) is 4.49. The van der Waals surface area contributed by atoms with Gasteiger partial charge in [0.15, 0.2) is 5.78 Å². The maximum absolute atomic E-state index is 10.7. The first-order valence-corrected chi connectivity index (χ1v) is 9.98. The average molecular weight is 433 g/mol. The molecule has 3 aromatic rings. The van der Waals surface area contributed by atoms with Gasteiger partial charge in [-0.15, -0.1) is 0 Å². The molecule has 1 heterocycles. The molecule has 0 aliphatic heterocycles. The molecule has 0 saturated carbocycles. The zero-order chi connectivity index (χ0) is 21.4. The molecule has 0 fully saturated rings. The van der Waals surface area contributed by atoms with Gasteiger partial charge < -0.3 is 10.6 Å². The predicted molar refractivity (Wildman–Crippen MR) is 121 cm³/mol. The second-order valence-electron chi connectivity index (χ2n) is 6.98. The number of carbonyl (C=O) groups is 1. The Labute approximate surface area is 182 Å². The molecule has 0 aliphatic carbocycles. The number of ketones is 1. The van der Waals surface area contributed by atoms with Gasteiger partial charge in [0.1, 0.15) is 0 Å². The van der Waals surface area contributed by atoms with Crippen LogP contribution in [0.5, 0.6) is 0 Å². The van der Waals surface area contributed by atoms with Crippen molar-refractivity contribution in [3.8, 4) is 0 Å². The molecular weight excluding hydrogens is 407 g/mol.